The number of methoxy groups -OCH3 is 1. The molecular weight excluding hydrogens is 365 g/mol. The number of nitrogens with zero attached hydrogens (tertiary/aromatic N) is 1. The fraction of sp³-hybridized carbons (Fsp3) is 0.0588. The molecule has 1 heterocycles. The first-order valence-electron chi connectivity index (χ1n) is 6.69. The van der Waals surface area contributed by atoms with Gasteiger partial charge in [0.2, 0.25) is 5.90 Å². The monoisotopic (exact) mass is 375 g/mol. The highest BCUT2D eigenvalue weighted by molar-refractivity contribution is 9.10. The van der Waals surface area contributed by atoms with Crippen molar-refractivity contribution in [2.24, 2.45) is 4.99 Å². The molecule has 0 radical (unpaired) electrons. The average Bonchev–Trinajstić information content (AvgIpc) is 2.89. The third kappa shape index (κ3) is 3.17. The van der Waals surface area contributed by atoms with E-state index in [9.17, 15) is 9.18 Å². The van der Waals surface area contributed by atoms with Gasteiger partial charge >= 0.3 is 5.91 Å². The molecule has 1 aliphatic heterocycles. The van der Waals surface area contributed by atoms with E-state index in [1.807, 2.05) is 6.07 Å². The van der Waals surface area contributed by atoms with Gasteiger partial charge < -0.3 is 9.47 Å². The zero-order valence-electron chi connectivity index (χ0n) is 12.0. The number of carbonyl (C=O) groups excluding carboxylic acids is 1. The predicted molar refractivity (Wildman–Crippen MR) is 87.7 cm³/mol. The molecule has 0 saturated heterocycles. The zero-order valence-corrected chi connectivity index (χ0v) is 13.6. The van der Waals surface area contributed by atoms with Crippen LogP contribution in [0.2, 0.25) is 0 Å². The molecule has 6 heteroatoms. The highest BCUT2D eigenvalue weighted by atomic mass is 79.9. The van der Waals surface area contributed by atoms with Crippen molar-refractivity contribution in [3.05, 3.63) is 69.6 Å². The van der Waals surface area contributed by atoms with Gasteiger partial charge in [0.05, 0.1) is 12.7 Å². The lowest BCUT2D eigenvalue weighted by molar-refractivity contribution is -0.115. The van der Waals surface area contributed by atoms with Crippen molar-refractivity contribution >= 4 is 33.8 Å². The number of rotatable bonds is 3. The molecule has 0 saturated carbocycles. The maximum absolute atomic E-state index is 13.8. The first kappa shape index (κ1) is 15.4. The summed E-state index contributed by atoms with van der Waals surface area (Å²) in [7, 11) is 1.53. The summed E-state index contributed by atoms with van der Waals surface area (Å²) in [5, 5.41) is 0. The van der Waals surface area contributed by atoms with Crippen molar-refractivity contribution in [2.75, 3.05) is 7.11 Å². The van der Waals surface area contributed by atoms with Crippen LogP contribution in [0.1, 0.15) is 11.1 Å². The molecule has 0 aliphatic carbocycles. The topological polar surface area (TPSA) is 47.9 Å². The van der Waals surface area contributed by atoms with E-state index >= 15 is 0 Å². The number of carbonyl (C=O) groups is 1. The fourth-order valence-corrected chi connectivity index (χ4v) is 2.50. The number of halogens is 2. The number of hydrogen-bond acceptors (Lipinski definition) is 3. The first-order valence-corrected chi connectivity index (χ1v) is 7.49. The Morgan fingerprint density at radius 1 is 1.26 bits per heavy atom. The summed E-state index contributed by atoms with van der Waals surface area (Å²) in [6.45, 7) is 0. The first-order chi connectivity index (χ1) is 11.1. The minimum Gasteiger partial charge on any atom is -0.496 e. The Kier molecular flexibility index (Phi) is 4.25. The lowest BCUT2D eigenvalue weighted by Gasteiger charge is -2.06. The molecule has 1 amide bonds. The molecule has 23 heavy (non-hydrogen) atoms. The van der Waals surface area contributed by atoms with Gasteiger partial charge in [0.25, 0.3) is 0 Å². The van der Waals surface area contributed by atoms with Crippen molar-refractivity contribution in [2.45, 2.75) is 0 Å². The standard InChI is InChI=1S/C17H11BrFNO3/c1-22-14-7-6-11(18)8-10(14)9-15-16(21)20-17(23-15)12-4-2-3-5-13(12)19/h2-9H,1H3/b15-9+. The van der Waals surface area contributed by atoms with E-state index in [2.05, 4.69) is 20.9 Å². The van der Waals surface area contributed by atoms with Gasteiger partial charge in [-0.3, -0.25) is 4.79 Å². The normalized spacial score (nSPS) is 15.5. The summed E-state index contributed by atoms with van der Waals surface area (Å²) in [5.74, 6) is -0.518. The van der Waals surface area contributed by atoms with Crippen LogP contribution in [0.5, 0.6) is 5.75 Å². The molecule has 1 aliphatic rings. The zero-order chi connectivity index (χ0) is 16.4. The maximum Gasteiger partial charge on any atom is 0.316 e. The molecule has 0 N–H and O–H groups in total. The second kappa shape index (κ2) is 6.34. The number of ether oxygens (including phenoxy) is 2. The summed E-state index contributed by atoms with van der Waals surface area (Å²) in [5.41, 5.74) is 0.792. The van der Waals surface area contributed by atoms with Crippen LogP contribution in [0.15, 0.2) is 57.7 Å². The molecule has 0 fully saturated rings. The van der Waals surface area contributed by atoms with Crippen molar-refractivity contribution < 1.29 is 18.7 Å². The van der Waals surface area contributed by atoms with Gasteiger partial charge in [0.1, 0.15) is 11.6 Å². The number of hydrogen-bond donors (Lipinski definition) is 0. The largest absolute Gasteiger partial charge is 0.496 e. The molecule has 0 bridgehead atoms. The van der Waals surface area contributed by atoms with Crippen LogP contribution in [-0.4, -0.2) is 18.9 Å². The Hall–Kier alpha value is -2.47. The van der Waals surface area contributed by atoms with Gasteiger partial charge in [0, 0.05) is 10.0 Å². The lowest BCUT2D eigenvalue weighted by Crippen LogP contribution is -2.03. The number of aliphatic imine (C=N–C) groups is 1. The van der Waals surface area contributed by atoms with Gasteiger partial charge in [-0.15, -0.1) is 0 Å². The van der Waals surface area contributed by atoms with Gasteiger partial charge in [-0.05, 0) is 36.4 Å². The molecule has 0 unspecified atom stereocenters. The smallest absolute Gasteiger partial charge is 0.316 e. The Balaban J connectivity index is 1.94. The highest BCUT2D eigenvalue weighted by Crippen LogP contribution is 2.27. The van der Waals surface area contributed by atoms with E-state index < -0.39 is 11.7 Å². The quantitative estimate of drug-likeness (QED) is 0.763. The van der Waals surface area contributed by atoms with E-state index in [1.165, 1.54) is 25.3 Å². The Bertz CT molecular complexity index is 845. The summed E-state index contributed by atoms with van der Waals surface area (Å²) < 4.78 is 25.3. The van der Waals surface area contributed by atoms with Crippen LogP contribution < -0.4 is 4.74 Å². The van der Waals surface area contributed by atoms with Crippen LogP contribution in [0.25, 0.3) is 6.08 Å². The van der Waals surface area contributed by atoms with Crippen LogP contribution in [-0.2, 0) is 9.53 Å². The lowest BCUT2D eigenvalue weighted by atomic mass is 10.2. The third-order valence-electron chi connectivity index (χ3n) is 3.20. The van der Waals surface area contributed by atoms with Crippen molar-refractivity contribution in [3.8, 4) is 5.75 Å². The number of benzene rings is 2. The second-order valence-corrected chi connectivity index (χ2v) is 5.61. The molecule has 0 spiro atoms. The molecular formula is C17H11BrFNO3. The molecule has 0 atom stereocenters. The van der Waals surface area contributed by atoms with Gasteiger partial charge in [-0.2, -0.15) is 4.99 Å². The predicted octanol–water partition coefficient (Wildman–Crippen LogP) is 3.94. The molecule has 116 valence electrons. The summed E-state index contributed by atoms with van der Waals surface area (Å²) in [6.07, 6.45) is 1.52. The Labute approximate surface area is 140 Å². The van der Waals surface area contributed by atoms with E-state index in [1.54, 1.807) is 24.3 Å². The highest BCUT2D eigenvalue weighted by Gasteiger charge is 2.26. The van der Waals surface area contributed by atoms with Gasteiger partial charge in [0.15, 0.2) is 5.76 Å². The van der Waals surface area contributed by atoms with E-state index in [0.29, 0.717) is 11.3 Å². The minimum absolute atomic E-state index is 0.0136. The maximum atomic E-state index is 13.8. The number of amides is 1. The van der Waals surface area contributed by atoms with E-state index in [4.69, 9.17) is 9.47 Å². The SMILES string of the molecule is COc1ccc(Br)cc1/C=C1/OC(c2ccccc2F)=NC1=O. The minimum atomic E-state index is -0.565. The Morgan fingerprint density at radius 3 is 2.78 bits per heavy atom. The fourth-order valence-electron chi connectivity index (χ4n) is 2.12. The van der Waals surface area contributed by atoms with E-state index in [-0.39, 0.29) is 17.2 Å². The molecule has 2 aromatic rings. The molecule has 0 aromatic heterocycles. The Morgan fingerprint density at radius 2 is 2.04 bits per heavy atom. The van der Waals surface area contributed by atoms with Gasteiger partial charge in [-0.25, -0.2) is 4.39 Å². The molecule has 3 rings (SSSR count). The molecule has 4 nitrogen and oxygen atoms in total. The summed E-state index contributed by atoms with van der Waals surface area (Å²) in [4.78, 5) is 15.8. The van der Waals surface area contributed by atoms with Crippen LogP contribution in [0.4, 0.5) is 4.39 Å². The second-order valence-electron chi connectivity index (χ2n) is 4.70. The average molecular weight is 376 g/mol. The van der Waals surface area contributed by atoms with Crippen molar-refractivity contribution in [1.82, 2.24) is 0 Å². The van der Waals surface area contributed by atoms with Gasteiger partial charge in [-0.1, -0.05) is 28.1 Å². The third-order valence-corrected chi connectivity index (χ3v) is 3.70. The van der Waals surface area contributed by atoms with Crippen LogP contribution in [0, 0.1) is 5.82 Å². The van der Waals surface area contributed by atoms with Crippen molar-refractivity contribution in [1.29, 1.82) is 0 Å². The van der Waals surface area contributed by atoms with E-state index in [0.717, 1.165) is 4.47 Å². The summed E-state index contributed by atoms with van der Waals surface area (Å²) in [6, 6.07) is 11.3. The summed E-state index contributed by atoms with van der Waals surface area (Å²) >= 11 is 3.36. The van der Waals surface area contributed by atoms with Crippen molar-refractivity contribution in [3.63, 3.8) is 0 Å². The molecule has 2 aromatic carbocycles. The van der Waals surface area contributed by atoms with Crippen LogP contribution >= 0.6 is 15.9 Å². The van der Waals surface area contributed by atoms with Crippen LogP contribution in [0.3, 0.4) is 0 Å².